The fourth-order valence-electron chi connectivity index (χ4n) is 3.54. The molecule has 2 rings (SSSR count). The van der Waals surface area contributed by atoms with Crippen LogP contribution in [-0.2, 0) is 20.7 Å². The van der Waals surface area contributed by atoms with Crippen LogP contribution < -0.4 is 5.32 Å². The van der Waals surface area contributed by atoms with Crippen molar-refractivity contribution in [2.24, 2.45) is 5.92 Å². The largest absolute Gasteiger partial charge is 0.465 e. The third-order valence-electron chi connectivity index (χ3n) is 5.13. The summed E-state index contributed by atoms with van der Waals surface area (Å²) in [7, 11) is 0. The van der Waals surface area contributed by atoms with Gasteiger partial charge in [-0.25, -0.2) is 4.79 Å². The topological polar surface area (TPSA) is 67.9 Å². The summed E-state index contributed by atoms with van der Waals surface area (Å²) in [6.07, 6.45) is 4.16. The molecule has 1 unspecified atom stereocenters. The maximum Gasteiger partial charge on any atom is 0.410 e. The first-order chi connectivity index (χ1) is 14.3. The van der Waals surface area contributed by atoms with Crippen molar-refractivity contribution in [2.75, 3.05) is 26.2 Å². The molecule has 0 saturated carbocycles. The molecule has 0 aromatic heterocycles. The standard InChI is InChI=1S/C24H38N2O4/c1-5-6-15-29-22(27)21(16-19-11-8-7-9-12-19)25-17-20-13-10-14-26(18-20)23(28)30-24(2,3)4/h7-9,11-12,20-21,25H,5-6,10,13-18H2,1-4H3/t20?,21-/m1/s1. The Hall–Kier alpha value is -2.08. The highest BCUT2D eigenvalue weighted by Crippen LogP contribution is 2.19. The maximum absolute atomic E-state index is 12.7. The molecule has 2 atom stereocenters. The summed E-state index contributed by atoms with van der Waals surface area (Å²) in [5.41, 5.74) is 0.604. The van der Waals surface area contributed by atoms with Crippen LogP contribution >= 0.6 is 0 Å². The SMILES string of the molecule is CCCCOC(=O)[C@@H](Cc1ccccc1)NCC1CCCN(C(=O)OC(C)(C)C)C1. The second kappa shape index (κ2) is 11.9. The molecular formula is C24H38N2O4. The lowest BCUT2D eigenvalue weighted by atomic mass is 9.97. The van der Waals surface area contributed by atoms with E-state index in [4.69, 9.17) is 9.47 Å². The number of benzene rings is 1. The summed E-state index contributed by atoms with van der Waals surface area (Å²) in [5, 5.41) is 3.42. The normalized spacial score (nSPS) is 18.0. The smallest absolute Gasteiger partial charge is 0.410 e. The van der Waals surface area contributed by atoms with Gasteiger partial charge in [-0.2, -0.15) is 0 Å². The van der Waals surface area contributed by atoms with Gasteiger partial charge in [-0.05, 0) is 57.9 Å². The van der Waals surface area contributed by atoms with Crippen molar-refractivity contribution >= 4 is 12.1 Å². The molecule has 1 aliphatic rings. The third-order valence-corrected chi connectivity index (χ3v) is 5.13. The summed E-state index contributed by atoms with van der Waals surface area (Å²) in [4.78, 5) is 26.8. The first-order valence-corrected chi connectivity index (χ1v) is 11.2. The number of amides is 1. The minimum absolute atomic E-state index is 0.202. The van der Waals surface area contributed by atoms with Crippen LogP contribution in [0.5, 0.6) is 0 Å². The van der Waals surface area contributed by atoms with Crippen molar-refractivity contribution in [3.63, 3.8) is 0 Å². The number of hydrogen-bond donors (Lipinski definition) is 1. The van der Waals surface area contributed by atoms with E-state index in [1.54, 1.807) is 4.90 Å². The summed E-state index contributed by atoms with van der Waals surface area (Å²) in [5.74, 6) is 0.0834. The van der Waals surface area contributed by atoms with Gasteiger partial charge >= 0.3 is 12.1 Å². The summed E-state index contributed by atoms with van der Waals surface area (Å²) in [6, 6.07) is 9.60. The van der Waals surface area contributed by atoms with Crippen LogP contribution in [0.2, 0.25) is 0 Å². The van der Waals surface area contributed by atoms with Gasteiger partial charge in [0, 0.05) is 19.6 Å². The lowest BCUT2D eigenvalue weighted by molar-refractivity contribution is -0.146. The quantitative estimate of drug-likeness (QED) is 0.481. The molecule has 6 heteroatoms. The minimum atomic E-state index is -0.495. The minimum Gasteiger partial charge on any atom is -0.465 e. The van der Waals surface area contributed by atoms with E-state index in [2.05, 4.69) is 12.2 Å². The van der Waals surface area contributed by atoms with Crippen molar-refractivity contribution in [3.05, 3.63) is 35.9 Å². The molecule has 1 N–H and O–H groups in total. The highest BCUT2D eigenvalue weighted by atomic mass is 16.6. The number of nitrogens with one attached hydrogen (secondary N) is 1. The van der Waals surface area contributed by atoms with Gasteiger partial charge in [-0.3, -0.25) is 4.79 Å². The van der Waals surface area contributed by atoms with Gasteiger partial charge in [0.25, 0.3) is 0 Å². The van der Waals surface area contributed by atoms with Gasteiger partial charge in [0.15, 0.2) is 0 Å². The number of esters is 1. The van der Waals surface area contributed by atoms with Gasteiger partial charge in [0.05, 0.1) is 6.61 Å². The van der Waals surface area contributed by atoms with E-state index >= 15 is 0 Å². The molecule has 1 aromatic carbocycles. The first-order valence-electron chi connectivity index (χ1n) is 11.2. The molecule has 1 aromatic rings. The molecule has 6 nitrogen and oxygen atoms in total. The summed E-state index contributed by atoms with van der Waals surface area (Å²) in [6.45, 7) is 10.2. The Bertz CT molecular complexity index is 657. The van der Waals surface area contributed by atoms with Gasteiger partial charge in [0.2, 0.25) is 0 Å². The second-order valence-corrected chi connectivity index (χ2v) is 9.11. The number of ether oxygens (including phenoxy) is 2. The van der Waals surface area contributed by atoms with E-state index in [9.17, 15) is 9.59 Å². The lowest BCUT2D eigenvalue weighted by Gasteiger charge is -2.34. The van der Waals surface area contributed by atoms with Crippen LogP contribution in [0, 0.1) is 5.92 Å². The number of carbonyl (C=O) groups is 2. The Kier molecular flexibility index (Phi) is 9.63. The van der Waals surface area contributed by atoms with E-state index < -0.39 is 5.60 Å². The van der Waals surface area contributed by atoms with Crippen LogP contribution in [0.15, 0.2) is 30.3 Å². The van der Waals surface area contributed by atoms with E-state index in [-0.39, 0.29) is 24.0 Å². The Labute approximate surface area is 181 Å². The Morgan fingerprint density at radius 1 is 1.23 bits per heavy atom. The Morgan fingerprint density at radius 2 is 1.97 bits per heavy atom. The molecule has 0 radical (unpaired) electrons. The highest BCUT2D eigenvalue weighted by molar-refractivity contribution is 5.76. The van der Waals surface area contributed by atoms with Crippen molar-refractivity contribution in [3.8, 4) is 0 Å². The molecule has 0 spiro atoms. The van der Waals surface area contributed by atoms with E-state index in [1.165, 1.54) is 0 Å². The van der Waals surface area contributed by atoms with Crippen LogP contribution in [0.1, 0.15) is 58.9 Å². The molecule has 1 amide bonds. The molecule has 168 valence electrons. The summed E-state index contributed by atoms with van der Waals surface area (Å²) < 4.78 is 11.0. The molecule has 0 aliphatic carbocycles. The second-order valence-electron chi connectivity index (χ2n) is 9.11. The predicted octanol–water partition coefficient (Wildman–Crippen LogP) is 4.18. The van der Waals surface area contributed by atoms with Gasteiger partial charge in [-0.1, -0.05) is 43.7 Å². The zero-order valence-corrected chi connectivity index (χ0v) is 19.0. The number of piperidine rings is 1. The average Bonchev–Trinajstić information content (AvgIpc) is 2.71. The van der Waals surface area contributed by atoms with E-state index in [0.29, 0.717) is 26.1 Å². The molecule has 0 bridgehead atoms. The zero-order valence-electron chi connectivity index (χ0n) is 19.0. The molecule has 1 aliphatic heterocycles. The molecule has 1 heterocycles. The predicted molar refractivity (Wildman–Crippen MR) is 118 cm³/mol. The molecule has 30 heavy (non-hydrogen) atoms. The van der Waals surface area contributed by atoms with E-state index in [1.807, 2.05) is 51.1 Å². The van der Waals surface area contributed by atoms with Crippen LogP contribution in [-0.4, -0.2) is 54.8 Å². The zero-order chi connectivity index (χ0) is 22.0. The average molecular weight is 419 g/mol. The number of nitrogens with zero attached hydrogens (tertiary/aromatic N) is 1. The number of unbranched alkanes of at least 4 members (excludes halogenated alkanes) is 1. The van der Waals surface area contributed by atoms with Crippen LogP contribution in [0.3, 0.4) is 0 Å². The Balaban J connectivity index is 1.92. The fraction of sp³-hybridized carbons (Fsp3) is 0.667. The summed E-state index contributed by atoms with van der Waals surface area (Å²) >= 11 is 0. The third kappa shape index (κ3) is 8.74. The number of hydrogen-bond acceptors (Lipinski definition) is 5. The molecule has 1 saturated heterocycles. The van der Waals surface area contributed by atoms with Crippen molar-refractivity contribution in [2.45, 2.75) is 71.4 Å². The maximum atomic E-state index is 12.7. The van der Waals surface area contributed by atoms with Crippen LogP contribution in [0.4, 0.5) is 4.79 Å². The number of likely N-dealkylation sites (tertiary alicyclic amines) is 1. The fourth-order valence-corrected chi connectivity index (χ4v) is 3.54. The highest BCUT2D eigenvalue weighted by Gasteiger charge is 2.29. The van der Waals surface area contributed by atoms with Gasteiger partial charge < -0.3 is 19.7 Å². The van der Waals surface area contributed by atoms with Gasteiger partial charge in [0.1, 0.15) is 11.6 Å². The monoisotopic (exact) mass is 418 g/mol. The molecular weight excluding hydrogens is 380 g/mol. The van der Waals surface area contributed by atoms with Crippen molar-refractivity contribution in [1.29, 1.82) is 0 Å². The molecule has 1 fully saturated rings. The number of rotatable bonds is 9. The van der Waals surface area contributed by atoms with Crippen molar-refractivity contribution in [1.82, 2.24) is 10.2 Å². The van der Waals surface area contributed by atoms with E-state index in [0.717, 1.165) is 37.8 Å². The van der Waals surface area contributed by atoms with Crippen molar-refractivity contribution < 1.29 is 19.1 Å². The van der Waals surface area contributed by atoms with Gasteiger partial charge in [-0.15, -0.1) is 0 Å². The lowest BCUT2D eigenvalue weighted by Crippen LogP contribution is -2.48. The van der Waals surface area contributed by atoms with Crippen LogP contribution in [0.25, 0.3) is 0 Å². The Morgan fingerprint density at radius 3 is 2.63 bits per heavy atom. The number of carbonyl (C=O) groups excluding carboxylic acids is 2. The first kappa shape index (κ1) is 24.2.